The van der Waals surface area contributed by atoms with E-state index in [9.17, 15) is 4.79 Å². The molecule has 0 atom stereocenters. The average molecular weight is 294 g/mol. The van der Waals surface area contributed by atoms with Crippen LogP contribution in [0.1, 0.15) is 23.8 Å². The van der Waals surface area contributed by atoms with Gasteiger partial charge in [0.05, 0.1) is 15.1 Å². The molecule has 1 amide bonds. The van der Waals surface area contributed by atoms with Gasteiger partial charge in [-0.25, -0.2) is 4.98 Å². The molecule has 0 spiro atoms. The maximum atomic E-state index is 11.7. The zero-order valence-corrected chi connectivity index (χ0v) is 11.4. The van der Waals surface area contributed by atoms with Crippen LogP contribution in [-0.2, 0) is 0 Å². The third kappa shape index (κ3) is 3.87. The van der Waals surface area contributed by atoms with Gasteiger partial charge in [0.2, 0.25) is 0 Å². The Morgan fingerprint density at radius 3 is 2.76 bits per heavy atom. The van der Waals surface area contributed by atoms with Crippen molar-refractivity contribution >= 4 is 40.7 Å². The summed E-state index contributed by atoms with van der Waals surface area (Å²) in [6.07, 6.45) is 5.92. The monoisotopic (exact) mass is 292 g/mol. The maximum absolute atomic E-state index is 11.7. The van der Waals surface area contributed by atoms with Crippen molar-refractivity contribution in [3.05, 3.63) is 39.1 Å². The molecule has 1 N–H and O–H groups in total. The van der Waals surface area contributed by atoms with E-state index in [4.69, 9.17) is 34.8 Å². The number of carbonyl (C=O) groups excluding carboxylic acids is 1. The molecular weight excluding hydrogens is 282 g/mol. The second-order valence-corrected chi connectivity index (χ2v) is 4.36. The number of hydrogen-bond acceptors (Lipinski definition) is 2. The lowest BCUT2D eigenvalue weighted by atomic mass is 10.3. The topological polar surface area (TPSA) is 42.0 Å². The van der Waals surface area contributed by atoms with Gasteiger partial charge in [-0.15, -0.1) is 0 Å². The van der Waals surface area contributed by atoms with Crippen LogP contribution in [0.15, 0.2) is 18.3 Å². The van der Waals surface area contributed by atoms with Gasteiger partial charge in [0.25, 0.3) is 5.91 Å². The first-order chi connectivity index (χ1) is 8.07. The zero-order valence-electron chi connectivity index (χ0n) is 9.14. The molecular formula is C11H11Cl3N2O. The van der Waals surface area contributed by atoms with Crippen molar-refractivity contribution in [2.24, 2.45) is 0 Å². The first kappa shape index (κ1) is 14.3. The van der Waals surface area contributed by atoms with E-state index in [-0.39, 0.29) is 26.7 Å². The molecule has 3 nitrogen and oxygen atoms in total. The van der Waals surface area contributed by atoms with Crippen LogP contribution in [0.25, 0.3) is 0 Å². The van der Waals surface area contributed by atoms with Gasteiger partial charge < -0.3 is 5.32 Å². The van der Waals surface area contributed by atoms with Crippen LogP contribution >= 0.6 is 34.8 Å². The number of rotatable bonds is 4. The number of aromatic nitrogens is 1. The lowest BCUT2D eigenvalue weighted by Gasteiger charge is -2.06. The van der Waals surface area contributed by atoms with E-state index >= 15 is 0 Å². The Bertz CT molecular complexity index is 447. The highest BCUT2D eigenvalue weighted by Gasteiger charge is 2.16. The number of amides is 1. The Labute approximate surface area is 115 Å². The maximum Gasteiger partial charge on any atom is 0.271 e. The standard InChI is InChI=1S/C11H11Cl3N2O/c1-2-3-4-5-15-11(17)10-9(14)8(13)7(12)6-16-10/h2-3,6H,4-5H2,1H3,(H,15,17)/b3-2+. The third-order valence-electron chi connectivity index (χ3n) is 1.96. The Balaban J connectivity index is 2.73. The Morgan fingerprint density at radius 2 is 2.12 bits per heavy atom. The van der Waals surface area contributed by atoms with Gasteiger partial charge in [0.15, 0.2) is 0 Å². The van der Waals surface area contributed by atoms with Crippen LogP contribution in [0.2, 0.25) is 15.1 Å². The fourth-order valence-electron chi connectivity index (χ4n) is 1.12. The van der Waals surface area contributed by atoms with Crippen molar-refractivity contribution in [1.29, 1.82) is 0 Å². The Morgan fingerprint density at radius 1 is 1.41 bits per heavy atom. The highest BCUT2D eigenvalue weighted by atomic mass is 35.5. The minimum absolute atomic E-state index is 0.0719. The number of carbonyl (C=O) groups is 1. The van der Waals surface area contributed by atoms with Crippen molar-refractivity contribution in [2.75, 3.05) is 6.54 Å². The zero-order chi connectivity index (χ0) is 12.8. The van der Waals surface area contributed by atoms with Crippen LogP contribution in [0.5, 0.6) is 0 Å². The van der Waals surface area contributed by atoms with Crippen LogP contribution in [0.4, 0.5) is 0 Å². The van der Waals surface area contributed by atoms with Crippen molar-refractivity contribution in [2.45, 2.75) is 13.3 Å². The highest BCUT2D eigenvalue weighted by Crippen LogP contribution is 2.30. The number of allylic oxidation sites excluding steroid dienone is 1. The number of nitrogens with zero attached hydrogens (tertiary/aromatic N) is 1. The van der Waals surface area contributed by atoms with E-state index in [0.29, 0.717) is 6.54 Å². The van der Waals surface area contributed by atoms with Crippen LogP contribution in [0, 0.1) is 0 Å². The molecule has 0 aliphatic carbocycles. The van der Waals surface area contributed by atoms with Gasteiger partial charge in [-0.3, -0.25) is 4.79 Å². The summed E-state index contributed by atoms with van der Waals surface area (Å²) in [5.41, 5.74) is 0.0848. The molecule has 1 aromatic rings. The first-order valence-corrected chi connectivity index (χ1v) is 6.10. The van der Waals surface area contributed by atoms with E-state index in [1.165, 1.54) is 6.20 Å². The predicted molar refractivity (Wildman–Crippen MR) is 71.0 cm³/mol. The SMILES string of the molecule is C/C=C/CCNC(=O)c1ncc(Cl)c(Cl)c1Cl. The molecule has 0 saturated carbocycles. The largest absolute Gasteiger partial charge is 0.350 e. The fourth-order valence-corrected chi connectivity index (χ4v) is 1.69. The summed E-state index contributed by atoms with van der Waals surface area (Å²) < 4.78 is 0. The van der Waals surface area contributed by atoms with E-state index in [2.05, 4.69) is 10.3 Å². The molecule has 1 aromatic heterocycles. The van der Waals surface area contributed by atoms with Crippen LogP contribution in [0.3, 0.4) is 0 Å². The molecule has 0 aliphatic heterocycles. The van der Waals surface area contributed by atoms with E-state index in [0.717, 1.165) is 6.42 Å². The summed E-state index contributed by atoms with van der Waals surface area (Å²) in [7, 11) is 0. The number of halogens is 3. The predicted octanol–water partition coefficient (Wildman–Crippen LogP) is 3.74. The van der Waals surface area contributed by atoms with E-state index < -0.39 is 0 Å². The highest BCUT2D eigenvalue weighted by molar-refractivity contribution is 6.48. The smallest absolute Gasteiger partial charge is 0.271 e. The summed E-state index contributed by atoms with van der Waals surface area (Å²) in [5, 5.41) is 3.12. The number of pyridine rings is 1. The van der Waals surface area contributed by atoms with E-state index in [1.54, 1.807) is 0 Å². The molecule has 6 heteroatoms. The minimum Gasteiger partial charge on any atom is -0.350 e. The molecule has 1 rings (SSSR count). The lowest BCUT2D eigenvalue weighted by molar-refractivity contribution is 0.0949. The lowest BCUT2D eigenvalue weighted by Crippen LogP contribution is -2.25. The van der Waals surface area contributed by atoms with E-state index in [1.807, 2.05) is 19.1 Å². The fraction of sp³-hybridized carbons (Fsp3) is 0.273. The molecule has 0 aromatic carbocycles. The quantitative estimate of drug-likeness (QED) is 0.679. The summed E-state index contributed by atoms with van der Waals surface area (Å²) in [6.45, 7) is 2.43. The second kappa shape index (κ2) is 6.84. The Hall–Kier alpha value is -0.770. The summed E-state index contributed by atoms with van der Waals surface area (Å²) >= 11 is 17.4. The molecule has 0 unspecified atom stereocenters. The number of nitrogens with one attached hydrogen (secondary N) is 1. The molecule has 0 saturated heterocycles. The summed E-state index contributed by atoms with van der Waals surface area (Å²) in [6, 6.07) is 0. The summed E-state index contributed by atoms with van der Waals surface area (Å²) in [5.74, 6) is -0.363. The normalized spacial score (nSPS) is 10.8. The molecule has 17 heavy (non-hydrogen) atoms. The van der Waals surface area contributed by atoms with Crippen molar-refractivity contribution < 1.29 is 4.79 Å². The van der Waals surface area contributed by atoms with Gasteiger partial charge in [-0.2, -0.15) is 0 Å². The van der Waals surface area contributed by atoms with Gasteiger partial charge in [0.1, 0.15) is 5.69 Å². The van der Waals surface area contributed by atoms with Crippen molar-refractivity contribution in [1.82, 2.24) is 10.3 Å². The number of hydrogen-bond donors (Lipinski definition) is 1. The Kier molecular flexibility index (Phi) is 5.75. The summed E-state index contributed by atoms with van der Waals surface area (Å²) in [4.78, 5) is 15.6. The van der Waals surface area contributed by atoms with Gasteiger partial charge in [0, 0.05) is 12.7 Å². The van der Waals surface area contributed by atoms with Crippen molar-refractivity contribution in [3.8, 4) is 0 Å². The molecule has 0 bridgehead atoms. The molecule has 0 aliphatic rings. The van der Waals surface area contributed by atoms with Crippen LogP contribution < -0.4 is 5.32 Å². The van der Waals surface area contributed by atoms with Crippen LogP contribution in [-0.4, -0.2) is 17.4 Å². The third-order valence-corrected chi connectivity index (χ3v) is 3.21. The molecule has 1 heterocycles. The molecule has 92 valence electrons. The van der Waals surface area contributed by atoms with Gasteiger partial charge >= 0.3 is 0 Å². The van der Waals surface area contributed by atoms with Gasteiger partial charge in [-0.05, 0) is 13.3 Å². The first-order valence-electron chi connectivity index (χ1n) is 4.96. The molecule has 0 radical (unpaired) electrons. The average Bonchev–Trinajstić information content (AvgIpc) is 2.31. The molecule has 0 fully saturated rings. The second-order valence-electron chi connectivity index (χ2n) is 3.20. The van der Waals surface area contributed by atoms with Gasteiger partial charge in [-0.1, -0.05) is 47.0 Å². The minimum atomic E-state index is -0.363. The van der Waals surface area contributed by atoms with Crippen molar-refractivity contribution in [3.63, 3.8) is 0 Å².